The molecule has 0 atom stereocenters. The van der Waals surface area contributed by atoms with Crippen LogP contribution in [-0.2, 0) is 11.5 Å². The number of aliphatic carboxylic acids is 1. The average molecular weight is 201 g/mol. The molecule has 0 amide bonds. The van der Waals surface area contributed by atoms with E-state index in [1.807, 2.05) is 0 Å². The van der Waals surface area contributed by atoms with Gasteiger partial charge in [0, 0.05) is 0 Å². The number of carboxylic acid groups (broad SMARTS) is 1. The van der Waals surface area contributed by atoms with Crippen molar-refractivity contribution in [2.75, 3.05) is 11.9 Å². The molecule has 0 fully saturated rings. The largest absolute Gasteiger partial charge is 0.480 e. The standard InChI is InChI=1S/C9H9F2NO2/c10-4-6-1-2-8(7(11)3-6)12-5-9(13)14/h1-3,12H,4-5H2,(H,13,14). The highest BCUT2D eigenvalue weighted by molar-refractivity contribution is 5.72. The molecule has 0 aliphatic carbocycles. The lowest BCUT2D eigenvalue weighted by Crippen LogP contribution is -2.13. The Kier molecular flexibility index (Phi) is 3.39. The minimum atomic E-state index is -1.08. The number of carboxylic acids is 1. The molecule has 5 heteroatoms. The summed E-state index contributed by atoms with van der Waals surface area (Å²) in [6.07, 6.45) is 0. The van der Waals surface area contributed by atoms with Crippen molar-refractivity contribution in [1.82, 2.24) is 0 Å². The first-order valence-electron chi connectivity index (χ1n) is 3.93. The number of halogens is 2. The van der Waals surface area contributed by atoms with E-state index in [1.165, 1.54) is 12.1 Å². The molecule has 2 N–H and O–H groups in total. The summed E-state index contributed by atoms with van der Waals surface area (Å²) < 4.78 is 25.1. The number of hydrogen-bond donors (Lipinski definition) is 2. The molecule has 0 bridgehead atoms. The van der Waals surface area contributed by atoms with Crippen LogP contribution in [0.3, 0.4) is 0 Å². The second-order valence-electron chi connectivity index (χ2n) is 2.70. The molecule has 3 nitrogen and oxygen atoms in total. The van der Waals surface area contributed by atoms with E-state index < -0.39 is 18.5 Å². The summed E-state index contributed by atoms with van der Waals surface area (Å²) in [4.78, 5) is 10.2. The molecule has 1 aromatic rings. The van der Waals surface area contributed by atoms with Crippen molar-refractivity contribution in [3.8, 4) is 0 Å². The van der Waals surface area contributed by atoms with E-state index in [4.69, 9.17) is 5.11 Å². The van der Waals surface area contributed by atoms with Crippen LogP contribution < -0.4 is 5.32 Å². The van der Waals surface area contributed by atoms with Crippen LogP contribution in [0.2, 0.25) is 0 Å². The highest BCUT2D eigenvalue weighted by Gasteiger charge is 2.04. The van der Waals surface area contributed by atoms with Crippen LogP contribution in [0.15, 0.2) is 18.2 Å². The van der Waals surface area contributed by atoms with Gasteiger partial charge in [-0.15, -0.1) is 0 Å². The Balaban J connectivity index is 2.73. The van der Waals surface area contributed by atoms with Crippen LogP contribution in [-0.4, -0.2) is 17.6 Å². The predicted octanol–water partition coefficient (Wildman–Crippen LogP) is 1.79. The maximum atomic E-state index is 13.1. The Hall–Kier alpha value is -1.65. The third-order valence-electron chi connectivity index (χ3n) is 1.62. The highest BCUT2D eigenvalue weighted by Crippen LogP contribution is 2.15. The maximum absolute atomic E-state index is 13.1. The smallest absolute Gasteiger partial charge is 0.322 e. The fourth-order valence-electron chi connectivity index (χ4n) is 0.956. The SMILES string of the molecule is O=C(O)CNc1ccc(CF)cc1F. The monoisotopic (exact) mass is 201 g/mol. The molecule has 0 heterocycles. The summed E-state index contributed by atoms with van der Waals surface area (Å²) in [7, 11) is 0. The van der Waals surface area contributed by atoms with E-state index in [9.17, 15) is 13.6 Å². The number of hydrogen-bond acceptors (Lipinski definition) is 2. The number of nitrogens with one attached hydrogen (secondary N) is 1. The van der Waals surface area contributed by atoms with Crippen LogP contribution in [0.5, 0.6) is 0 Å². The van der Waals surface area contributed by atoms with Crippen molar-refractivity contribution in [1.29, 1.82) is 0 Å². The normalized spacial score (nSPS) is 9.86. The van der Waals surface area contributed by atoms with Crippen molar-refractivity contribution < 1.29 is 18.7 Å². The number of anilines is 1. The van der Waals surface area contributed by atoms with Crippen LogP contribution in [0.1, 0.15) is 5.56 Å². The first kappa shape index (κ1) is 10.4. The van der Waals surface area contributed by atoms with Crippen molar-refractivity contribution in [2.45, 2.75) is 6.67 Å². The molecule has 0 aliphatic heterocycles. The Morgan fingerprint density at radius 3 is 2.71 bits per heavy atom. The molecular weight excluding hydrogens is 192 g/mol. The molecule has 0 saturated carbocycles. The minimum absolute atomic E-state index is 0.0598. The number of benzene rings is 1. The molecule has 1 aromatic carbocycles. The molecule has 14 heavy (non-hydrogen) atoms. The van der Waals surface area contributed by atoms with Gasteiger partial charge in [0.15, 0.2) is 0 Å². The van der Waals surface area contributed by atoms with Crippen LogP contribution in [0, 0.1) is 5.82 Å². The van der Waals surface area contributed by atoms with E-state index in [0.717, 1.165) is 6.07 Å². The molecule has 0 unspecified atom stereocenters. The average Bonchev–Trinajstić information content (AvgIpc) is 2.15. The van der Waals surface area contributed by atoms with Gasteiger partial charge in [0.2, 0.25) is 0 Å². The van der Waals surface area contributed by atoms with Gasteiger partial charge in [-0.05, 0) is 17.7 Å². The van der Waals surface area contributed by atoms with Gasteiger partial charge in [-0.2, -0.15) is 0 Å². The summed E-state index contributed by atoms with van der Waals surface area (Å²) in [6.45, 7) is -1.11. The molecule has 1 rings (SSSR count). The maximum Gasteiger partial charge on any atom is 0.322 e. The molecule has 0 saturated heterocycles. The van der Waals surface area contributed by atoms with Gasteiger partial charge in [0.05, 0.1) is 5.69 Å². The third kappa shape index (κ3) is 2.69. The van der Waals surface area contributed by atoms with Crippen LogP contribution in [0.4, 0.5) is 14.5 Å². The lowest BCUT2D eigenvalue weighted by Gasteiger charge is -2.05. The lowest BCUT2D eigenvalue weighted by atomic mass is 10.2. The Labute approximate surface area is 79.4 Å². The quantitative estimate of drug-likeness (QED) is 0.780. The fraction of sp³-hybridized carbons (Fsp3) is 0.222. The summed E-state index contributed by atoms with van der Waals surface area (Å²) in [5, 5.41) is 10.7. The van der Waals surface area contributed by atoms with Gasteiger partial charge in [0.1, 0.15) is 19.0 Å². The molecule has 0 radical (unpaired) electrons. The second-order valence-corrected chi connectivity index (χ2v) is 2.70. The zero-order chi connectivity index (χ0) is 10.6. The number of rotatable bonds is 4. The lowest BCUT2D eigenvalue weighted by molar-refractivity contribution is -0.134. The molecule has 0 aromatic heterocycles. The zero-order valence-corrected chi connectivity index (χ0v) is 7.26. The summed E-state index contributed by atoms with van der Waals surface area (Å²) in [6, 6.07) is 3.74. The van der Waals surface area contributed by atoms with E-state index in [1.54, 1.807) is 0 Å². The Bertz CT molecular complexity index is 342. The minimum Gasteiger partial charge on any atom is -0.480 e. The van der Waals surface area contributed by atoms with E-state index in [2.05, 4.69) is 5.32 Å². The predicted molar refractivity (Wildman–Crippen MR) is 47.3 cm³/mol. The Morgan fingerprint density at radius 2 is 2.21 bits per heavy atom. The number of alkyl halides is 1. The van der Waals surface area contributed by atoms with Gasteiger partial charge >= 0.3 is 5.97 Å². The van der Waals surface area contributed by atoms with Gasteiger partial charge in [-0.1, -0.05) is 6.07 Å². The van der Waals surface area contributed by atoms with Crippen molar-refractivity contribution in [3.63, 3.8) is 0 Å². The highest BCUT2D eigenvalue weighted by atomic mass is 19.1. The Morgan fingerprint density at radius 1 is 1.50 bits per heavy atom. The van der Waals surface area contributed by atoms with Crippen LogP contribution in [0.25, 0.3) is 0 Å². The molecule has 0 aliphatic rings. The second kappa shape index (κ2) is 4.55. The van der Waals surface area contributed by atoms with Crippen molar-refractivity contribution in [3.05, 3.63) is 29.6 Å². The summed E-state index contributed by atoms with van der Waals surface area (Å²) >= 11 is 0. The van der Waals surface area contributed by atoms with E-state index in [0.29, 0.717) is 0 Å². The zero-order valence-electron chi connectivity index (χ0n) is 7.26. The van der Waals surface area contributed by atoms with E-state index >= 15 is 0 Å². The fourth-order valence-corrected chi connectivity index (χ4v) is 0.956. The summed E-state index contributed by atoms with van der Waals surface area (Å²) in [5.74, 6) is -1.74. The third-order valence-corrected chi connectivity index (χ3v) is 1.62. The van der Waals surface area contributed by atoms with Gasteiger partial charge in [-0.3, -0.25) is 4.79 Å². The molecular formula is C9H9F2NO2. The van der Waals surface area contributed by atoms with Gasteiger partial charge < -0.3 is 10.4 Å². The number of carbonyl (C=O) groups is 1. The topological polar surface area (TPSA) is 49.3 Å². The molecule has 76 valence electrons. The van der Waals surface area contributed by atoms with Crippen molar-refractivity contribution in [2.24, 2.45) is 0 Å². The molecule has 0 spiro atoms. The van der Waals surface area contributed by atoms with Gasteiger partial charge in [-0.25, -0.2) is 8.78 Å². The summed E-state index contributed by atoms with van der Waals surface area (Å²) in [5.41, 5.74) is 0.285. The van der Waals surface area contributed by atoms with E-state index in [-0.39, 0.29) is 17.8 Å². The first-order chi connectivity index (χ1) is 6.63. The first-order valence-corrected chi connectivity index (χ1v) is 3.93. The van der Waals surface area contributed by atoms with Gasteiger partial charge in [0.25, 0.3) is 0 Å². The van der Waals surface area contributed by atoms with Crippen molar-refractivity contribution >= 4 is 11.7 Å². The van der Waals surface area contributed by atoms with Crippen LogP contribution >= 0.6 is 0 Å².